The van der Waals surface area contributed by atoms with Crippen molar-refractivity contribution >= 4 is 27.3 Å². The summed E-state index contributed by atoms with van der Waals surface area (Å²) in [6, 6.07) is 17.5. The zero-order chi connectivity index (χ0) is 20.1. The van der Waals surface area contributed by atoms with E-state index in [0.717, 1.165) is 16.0 Å². The smallest absolute Gasteiger partial charge is 0.251 e. The number of hydrogen-bond donors (Lipinski definition) is 2. The molecule has 0 aliphatic rings. The Morgan fingerprint density at radius 1 is 1.07 bits per heavy atom. The van der Waals surface area contributed by atoms with Crippen molar-refractivity contribution in [2.75, 3.05) is 0 Å². The number of benzene rings is 2. The zero-order valence-corrected chi connectivity index (χ0v) is 17.3. The molecule has 1 aromatic heterocycles. The van der Waals surface area contributed by atoms with Gasteiger partial charge in [-0.3, -0.25) is 4.79 Å². The first-order valence-electron chi connectivity index (χ1n) is 8.85. The lowest BCUT2D eigenvalue weighted by atomic mass is 10.0. The molecular formula is C21H22N2O3S2. The predicted octanol–water partition coefficient (Wildman–Crippen LogP) is 4.03. The number of amides is 1. The van der Waals surface area contributed by atoms with Crippen LogP contribution < -0.4 is 10.0 Å². The number of sulfonamides is 1. The first kappa shape index (κ1) is 20.3. The average Bonchev–Trinajstić information content (AvgIpc) is 3.20. The van der Waals surface area contributed by atoms with Crippen LogP contribution in [0.5, 0.6) is 0 Å². The second kappa shape index (κ2) is 8.68. The summed E-state index contributed by atoms with van der Waals surface area (Å²) in [6.07, 6.45) is 0. The lowest BCUT2D eigenvalue weighted by Crippen LogP contribution is -2.28. The molecule has 28 heavy (non-hydrogen) atoms. The standard InChI is InChI=1S/C21H22N2O3S2/c1-15-7-3-4-11-20(15)16(2)23-21(24)17-8-5-10-19(13-17)28(25,26)22-14-18-9-6-12-27-18/h3-13,16,22H,14H2,1-2H3,(H,23,24). The lowest BCUT2D eigenvalue weighted by molar-refractivity contribution is 0.0939. The van der Waals surface area contributed by atoms with E-state index in [2.05, 4.69) is 10.0 Å². The van der Waals surface area contributed by atoms with Crippen molar-refractivity contribution in [1.29, 1.82) is 0 Å². The number of rotatable bonds is 7. The van der Waals surface area contributed by atoms with Crippen molar-refractivity contribution in [2.24, 2.45) is 0 Å². The van der Waals surface area contributed by atoms with Crippen molar-refractivity contribution in [3.05, 3.63) is 87.6 Å². The number of carbonyl (C=O) groups is 1. The molecule has 146 valence electrons. The number of nitrogens with one attached hydrogen (secondary N) is 2. The summed E-state index contributed by atoms with van der Waals surface area (Å²) in [4.78, 5) is 13.6. The van der Waals surface area contributed by atoms with Crippen LogP contribution in [0.4, 0.5) is 0 Å². The molecule has 0 fully saturated rings. The molecular weight excluding hydrogens is 392 g/mol. The highest BCUT2D eigenvalue weighted by molar-refractivity contribution is 7.89. The zero-order valence-electron chi connectivity index (χ0n) is 15.7. The third kappa shape index (κ3) is 4.86. The Labute approximate surface area is 169 Å². The molecule has 0 aliphatic carbocycles. The molecule has 2 N–H and O–H groups in total. The van der Waals surface area contributed by atoms with Crippen molar-refractivity contribution in [3.8, 4) is 0 Å². The summed E-state index contributed by atoms with van der Waals surface area (Å²) in [5.41, 5.74) is 2.42. The van der Waals surface area contributed by atoms with E-state index >= 15 is 0 Å². The third-order valence-electron chi connectivity index (χ3n) is 4.43. The molecule has 7 heteroatoms. The van der Waals surface area contributed by atoms with E-state index in [-0.39, 0.29) is 23.4 Å². The maximum atomic E-state index is 12.6. The van der Waals surface area contributed by atoms with Gasteiger partial charge in [-0.25, -0.2) is 13.1 Å². The molecule has 3 rings (SSSR count). The molecule has 0 saturated carbocycles. The SMILES string of the molecule is Cc1ccccc1C(C)NC(=O)c1cccc(S(=O)(=O)NCc2cccs2)c1. The minimum Gasteiger partial charge on any atom is -0.346 e. The predicted molar refractivity (Wildman–Crippen MR) is 112 cm³/mol. The van der Waals surface area contributed by atoms with Gasteiger partial charge in [-0.1, -0.05) is 36.4 Å². The molecule has 1 heterocycles. The maximum Gasteiger partial charge on any atom is 0.251 e. The van der Waals surface area contributed by atoms with Crippen LogP contribution in [0.15, 0.2) is 70.9 Å². The summed E-state index contributed by atoms with van der Waals surface area (Å²) in [6.45, 7) is 4.12. The largest absolute Gasteiger partial charge is 0.346 e. The van der Waals surface area contributed by atoms with Gasteiger partial charge in [-0.2, -0.15) is 0 Å². The van der Waals surface area contributed by atoms with Gasteiger partial charge in [-0.15, -0.1) is 11.3 Å². The number of carbonyl (C=O) groups excluding carboxylic acids is 1. The summed E-state index contributed by atoms with van der Waals surface area (Å²) in [5, 5.41) is 4.83. The molecule has 1 amide bonds. The van der Waals surface area contributed by atoms with Gasteiger partial charge in [0.1, 0.15) is 0 Å². The average molecular weight is 415 g/mol. The first-order valence-corrected chi connectivity index (χ1v) is 11.2. The maximum absolute atomic E-state index is 12.6. The molecule has 0 spiro atoms. The Morgan fingerprint density at radius 2 is 1.86 bits per heavy atom. The van der Waals surface area contributed by atoms with Crippen LogP contribution in [0.25, 0.3) is 0 Å². The van der Waals surface area contributed by atoms with Gasteiger partial charge in [0.25, 0.3) is 5.91 Å². The molecule has 0 radical (unpaired) electrons. The van der Waals surface area contributed by atoms with Crippen LogP contribution in [-0.4, -0.2) is 14.3 Å². The van der Waals surface area contributed by atoms with Crippen LogP contribution >= 0.6 is 11.3 Å². The Balaban J connectivity index is 1.73. The molecule has 0 bridgehead atoms. The molecule has 0 aliphatic heterocycles. The number of thiophene rings is 1. The Bertz CT molecular complexity index is 1060. The van der Waals surface area contributed by atoms with E-state index in [1.807, 2.05) is 55.6 Å². The van der Waals surface area contributed by atoms with Crippen molar-refractivity contribution in [2.45, 2.75) is 31.3 Å². The Kier molecular flexibility index (Phi) is 6.28. The second-order valence-corrected chi connectivity index (χ2v) is 9.28. The Hall–Kier alpha value is -2.48. The van der Waals surface area contributed by atoms with E-state index in [9.17, 15) is 13.2 Å². The highest BCUT2D eigenvalue weighted by atomic mass is 32.2. The number of hydrogen-bond acceptors (Lipinski definition) is 4. The molecule has 1 atom stereocenters. The van der Waals surface area contributed by atoms with Crippen LogP contribution in [0.2, 0.25) is 0 Å². The fourth-order valence-corrected chi connectivity index (χ4v) is 4.69. The highest BCUT2D eigenvalue weighted by Gasteiger charge is 2.18. The number of aryl methyl sites for hydroxylation is 1. The van der Waals surface area contributed by atoms with Gasteiger partial charge in [-0.05, 0) is 54.6 Å². The molecule has 1 unspecified atom stereocenters. The first-order chi connectivity index (χ1) is 13.4. The quantitative estimate of drug-likeness (QED) is 0.613. The van der Waals surface area contributed by atoms with Crippen molar-refractivity contribution in [1.82, 2.24) is 10.0 Å². The fourth-order valence-electron chi connectivity index (χ4n) is 2.90. The van der Waals surface area contributed by atoms with Gasteiger partial charge in [0.2, 0.25) is 10.0 Å². The van der Waals surface area contributed by atoms with Crippen molar-refractivity contribution in [3.63, 3.8) is 0 Å². The minimum atomic E-state index is -3.70. The fraction of sp³-hybridized carbons (Fsp3) is 0.190. The normalized spacial score (nSPS) is 12.5. The van der Waals surface area contributed by atoms with E-state index in [1.54, 1.807) is 12.1 Å². The van der Waals surface area contributed by atoms with Crippen molar-refractivity contribution < 1.29 is 13.2 Å². The summed E-state index contributed by atoms with van der Waals surface area (Å²) >= 11 is 1.48. The van der Waals surface area contributed by atoms with Gasteiger partial charge in [0.15, 0.2) is 0 Å². The molecule has 3 aromatic rings. The van der Waals surface area contributed by atoms with E-state index in [0.29, 0.717) is 5.56 Å². The monoisotopic (exact) mass is 414 g/mol. The van der Waals surface area contributed by atoms with Gasteiger partial charge in [0, 0.05) is 17.0 Å². The van der Waals surface area contributed by atoms with Gasteiger partial charge >= 0.3 is 0 Å². The van der Waals surface area contributed by atoms with E-state index in [4.69, 9.17) is 0 Å². The summed E-state index contributed by atoms with van der Waals surface area (Å²) < 4.78 is 27.7. The topological polar surface area (TPSA) is 75.3 Å². The summed E-state index contributed by atoms with van der Waals surface area (Å²) in [5.74, 6) is -0.314. The lowest BCUT2D eigenvalue weighted by Gasteiger charge is -2.17. The van der Waals surface area contributed by atoms with Crippen LogP contribution in [0, 0.1) is 6.92 Å². The Morgan fingerprint density at radius 3 is 2.57 bits per heavy atom. The van der Waals surface area contributed by atoms with E-state index < -0.39 is 10.0 Å². The molecule has 2 aromatic carbocycles. The van der Waals surface area contributed by atoms with Gasteiger partial charge < -0.3 is 5.32 Å². The third-order valence-corrected chi connectivity index (χ3v) is 6.70. The van der Waals surface area contributed by atoms with E-state index in [1.165, 1.54) is 23.5 Å². The van der Waals surface area contributed by atoms with Crippen LogP contribution in [-0.2, 0) is 16.6 Å². The second-order valence-electron chi connectivity index (χ2n) is 6.48. The minimum absolute atomic E-state index is 0.0697. The summed E-state index contributed by atoms with van der Waals surface area (Å²) in [7, 11) is -3.70. The van der Waals surface area contributed by atoms with Crippen LogP contribution in [0.1, 0.15) is 39.3 Å². The van der Waals surface area contributed by atoms with Crippen LogP contribution in [0.3, 0.4) is 0 Å². The molecule has 5 nitrogen and oxygen atoms in total. The highest BCUT2D eigenvalue weighted by Crippen LogP contribution is 2.18. The molecule has 0 saturated heterocycles. The van der Waals surface area contributed by atoms with Gasteiger partial charge in [0.05, 0.1) is 10.9 Å².